The zero-order valence-electron chi connectivity index (χ0n) is 20.9. The van der Waals surface area contributed by atoms with E-state index in [1.807, 2.05) is 33.8 Å². The third-order valence-electron chi connectivity index (χ3n) is 5.19. The normalized spacial score (nSPS) is 12.7. The summed E-state index contributed by atoms with van der Waals surface area (Å²) in [4.78, 5) is 28.2. The van der Waals surface area contributed by atoms with E-state index in [0.29, 0.717) is 27.7 Å². The van der Waals surface area contributed by atoms with Gasteiger partial charge in [0, 0.05) is 12.1 Å². The molecule has 2 rings (SSSR count). The number of carbonyl (C=O) groups is 2. The highest BCUT2D eigenvalue weighted by Crippen LogP contribution is 2.25. The van der Waals surface area contributed by atoms with Gasteiger partial charge in [0.15, 0.2) is 0 Å². The van der Waals surface area contributed by atoms with Crippen LogP contribution in [0.25, 0.3) is 0 Å². The van der Waals surface area contributed by atoms with Crippen LogP contribution in [0.3, 0.4) is 0 Å². The van der Waals surface area contributed by atoms with Crippen molar-refractivity contribution in [3.05, 3.63) is 63.6 Å². The van der Waals surface area contributed by atoms with Gasteiger partial charge in [-0.05, 0) is 69.5 Å². The van der Waals surface area contributed by atoms with Gasteiger partial charge in [0.05, 0.1) is 22.0 Å². The fourth-order valence-corrected chi connectivity index (χ4v) is 4.77. The number of halogens is 2. The molecule has 0 radical (unpaired) electrons. The highest BCUT2D eigenvalue weighted by Gasteiger charge is 2.33. The zero-order valence-corrected chi connectivity index (χ0v) is 23.3. The lowest BCUT2D eigenvalue weighted by Gasteiger charge is -2.34. The molecule has 0 bridgehead atoms. The van der Waals surface area contributed by atoms with E-state index in [1.54, 1.807) is 43.3 Å². The van der Waals surface area contributed by atoms with E-state index in [1.165, 1.54) is 4.90 Å². The second-order valence-corrected chi connectivity index (χ2v) is 12.3. The summed E-state index contributed by atoms with van der Waals surface area (Å²) in [6.07, 6.45) is 1.38. The number of nitrogens with zero attached hydrogens (tertiary/aromatic N) is 2. The number of nitrogens with one attached hydrogen (secondary N) is 1. The Bertz CT molecular complexity index is 1180. The number of hydrogen-bond donors (Lipinski definition) is 1. The Morgan fingerprint density at radius 1 is 1.06 bits per heavy atom. The van der Waals surface area contributed by atoms with E-state index in [2.05, 4.69) is 5.32 Å². The van der Waals surface area contributed by atoms with Crippen LogP contribution in [0.1, 0.15) is 45.2 Å². The molecule has 0 saturated carbocycles. The summed E-state index contributed by atoms with van der Waals surface area (Å²) in [7, 11) is -3.78. The summed E-state index contributed by atoms with van der Waals surface area (Å²) >= 11 is 12.2. The van der Waals surface area contributed by atoms with Crippen LogP contribution in [0.4, 0.5) is 5.69 Å². The largest absolute Gasteiger partial charge is 0.350 e. The van der Waals surface area contributed by atoms with Crippen molar-refractivity contribution in [3.8, 4) is 0 Å². The monoisotopic (exact) mass is 541 g/mol. The quantitative estimate of drug-likeness (QED) is 0.494. The molecule has 1 atom stereocenters. The van der Waals surface area contributed by atoms with E-state index >= 15 is 0 Å². The van der Waals surface area contributed by atoms with Gasteiger partial charge in [-0.3, -0.25) is 13.9 Å². The van der Waals surface area contributed by atoms with E-state index in [9.17, 15) is 18.0 Å². The number of anilines is 1. The van der Waals surface area contributed by atoms with Crippen molar-refractivity contribution in [2.75, 3.05) is 17.1 Å². The maximum absolute atomic E-state index is 13.7. The van der Waals surface area contributed by atoms with Crippen molar-refractivity contribution in [1.29, 1.82) is 0 Å². The molecule has 0 aliphatic heterocycles. The van der Waals surface area contributed by atoms with Crippen molar-refractivity contribution in [2.24, 2.45) is 0 Å². The Hall–Kier alpha value is -2.29. The average Bonchev–Trinajstić information content (AvgIpc) is 2.72. The number of rotatable bonds is 9. The molecule has 35 heavy (non-hydrogen) atoms. The van der Waals surface area contributed by atoms with Gasteiger partial charge in [-0.15, -0.1) is 0 Å². The van der Waals surface area contributed by atoms with E-state index in [4.69, 9.17) is 23.2 Å². The molecule has 1 N–H and O–H groups in total. The van der Waals surface area contributed by atoms with Crippen LogP contribution in [0.15, 0.2) is 42.5 Å². The van der Waals surface area contributed by atoms with Gasteiger partial charge in [-0.2, -0.15) is 0 Å². The van der Waals surface area contributed by atoms with Crippen LogP contribution in [0.2, 0.25) is 10.0 Å². The van der Waals surface area contributed by atoms with Crippen molar-refractivity contribution >= 4 is 50.7 Å². The maximum Gasteiger partial charge on any atom is 0.244 e. The fraction of sp³-hybridized carbons (Fsp3) is 0.440. The predicted molar refractivity (Wildman–Crippen MR) is 142 cm³/mol. The van der Waals surface area contributed by atoms with Crippen molar-refractivity contribution in [1.82, 2.24) is 10.2 Å². The van der Waals surface area contributed by atoms with E-state index < -0.39 is 34.1 Å². The SMILES string of the molecule is CC[C@H](C(=O)NC(C)(C)C)N(Cc1ccc(Cl)c(Cl)c1)C(=O)CN(c1cccc(C)c1)S(C)(=O)=O. The van der Waals surface area contributed by atoms with Crippen molar-refractivity contribution in [3.63, 3.8) is 0 Å². The topological polar surface area (TPSA) is 86.8 Å². The second kappa shape index (κ2) is 11.6. The Balaban J connectivity index is 2.48. The Morgan fingerprint density at radius 3 is 2.23 bits per heavy atom. The fourth-order valence-electron chi connectivity index (χ4n) is 3.60. The molecule has 7 nitrogen and oxygen atoms in total. The van der Waals surface area contributed by atoms with Gasteiger partial charge in [-0.25, -0.2) is 8.42 Å². The standard InChI is InChI=1S/C25H33Cl2N3O4S/c1-7-22(24(32)28-25(3,4)5)29(15-18-11-12-20(26)21(27)14-18)23(31)16-30(35(6,33)34)19-10-8-9-17(2)13-19/h8-14,22H,7,15-16H2,1-6H3,(H,28,32)/t22-/m1/s1. The predicted octanol–water partition coefficient (Wildman–Crippen LogP) is 4.79. The zero-order chi connectivity index (χ0) is 26.6. The number of hydrogen-bond acceptors (Lipinski definition) is 4. The van der Waals surface area contributed by atoms with Gasteiger partial charge in [0.1, 0.15) is 12.6 Å². The number of benzene rings is 2. The summed E-state index contributed by atoms with van der Waals surface area (Å²) in [6, 6.07) is 11.0. The molecule has 0 heterocycles. The molecular weight excluding hydrogens is 509 g/mol. The Labute approximate surface area is 218 Å². The number of sulfonamides is 1. The second-order valence-electron chi connectivity index (χ2n) is 9.54. The molecule has 2 amide bonds. The van der Waals surface area contributed by atoms with Gasteiger partial charge in [0.25, 0.3) is 0 Å². The molecule has 10 heteroatoms. The lowest BCUT2D eigenvalue weighted by molar-refractivity contribution is -0.141. The Kier molecular flexibility index (Phi) is 9.62. The maximum atomic E-state index is 13.7. The summed E-state index contributed by atoms with van der Waals surface area (Å²) in [6.45, 7) is 8.80. The third kappa shape index (κ3) is 8.40. The summed E-state index contributed by atoms with van der Waals surface area (Å²) in [5.41, 5.74) is 1.38. The minimum atomic E-state index is -3.78. The summed E-state index contributed by atoms with van der Waals surface area (Å²) in [5, 5.41) is 3.61. The van der Waals surface area contributed by atoms with Crippen LogP contribution < -0.4 is 9.62 Å². The van der Waals surface area contributed by atoms with Gasteiger partial charge >= 0.3 is 0 Å². The molecule has 0 aromatic heterocycles. The summed E-state index contributed by atoms with van der Waals surface area (Å²) in [5.74, 6) is -0.839. The highest BCUT2D eigenvalue weighted by atomic mass is 35.5. The van der Waals surface area contributed by atoms with Crippen LogP contribution in [0.5, 0.6) is 0 Å². The number of aryl methyl sites for hydroxylation is 1. The van der Waals surface area contributed by atoms with Crippen LogP contribution in [-0.2, 0) is 26.2 Å². The first-order valence-corrected chi connectivity index (χ1v) is 13.8. The molecule has 0 aliphatic carbocycles. The molecule has 192 valence electrons. The van der Waals surface area contributed by atoms with Crippen LogP contribution in [0, 0.1) is 6.92 Å². The van der Waals surface area contributed by atoms with E-state index in [-0.39, 0.29) is 12.5 Å². The molecule has 2 aromatic rings. The molecule has 0 saturated heterocycles. The van der Waals surface area contributed by atoms with Gasteiger partial charge < -0.3 is 10.2 Å². The average molecular weight is 543 g/mol. The van der Waals surface area contributed by atoms with Crippen molar-refractivity contribution in [2.45, 2.75) is 59.2 Å². The lowest BCUT2D eigenvalue weighted by Crippen LogP contribution is -2.55. The minimum Gasteiger partial charge on any atom is -0.350 e. The minimum absolute atomic E-state index is 0.0528. The first-order valence-electron chi connectivity index (χ1n) is 11.2. The number of amides is 2. The molecule has 0 fully saturated rings. The summed E-state index contributed by atoms with van der Waals surface area (Å²) < 4.78 is 26.3. The smallest absolute Gasteiger partial charge is 0.244 e. The molecule has 0 spiro atoms. The first-order chi connectivity index (χ1) is 16.1. The molecule has 0 unspecified atom stereocenters. The molecule has 2 aromatic carbocycles. The van der Waals surface area contributed by atoms with Crippen molar-refractivity contribution < 1.29 is 18.0 Å². The first kappa shape index (κ1) is 28.9. The Morgan fingerprint density at radius 2 is 1.71 bits per heavy atom. The van der Waals surface area contributed by atoms with E-state index in [0.717, 1.165) is 16.1 Å². The lowest BCUT2D eigenvalue weighted by atomic mass is 10.1. The van der Waals surface area contributed by atoms with Gasteiger partial charge in [0.2, 0.25) is 21.8 Å². The van der Waals surface area contributed by atoms with Crippen LogP contribution >= 0.6 is 23.2 Å². The third-order valence-corrected chi connectivity index (χ3v) is 7.07. The van der Waals surface area contributed by atoms with Crippen LogP contribution in [-0.4, -0.2) is 49.5 Å². The number of carbonyl (C=O) groups excluding carboxylic acids is 2. The van der Waals surface area contributed by atoms with Gasteiger partial charge in [-0.1, -0.05) is 48.3 Å². The molecule has 0 aliphatic rings. The highest BCUT2D eigenvalue weighted by molar-refractivity contribution is 7.92. The molecular formula is C25H33Cl2N3O4S.